The lowest BCUT2D eigenvalue weighted by molar-refractivity contribution is 0.379. The normalized spacial score (nSPS) is 12.8. The van der Waals surface area contributed by atoms with Crippen molar-refractivity contribution in [2.45, 2.75) is 16.5 Å². The third-order valence-corrected chi connectivity index (χ3v) is 5.30. The largest absolute Gasteiger partial charge is 0.461 e. The second-order valence-corrected chi connectivity index (χ2v) is 7.26. The van der Waals surface area contributed by atoms with Crippen molar-refractivity contribution in [3.63, 3.8) is 0 Å². The number of aromatic nitrogens is 3. The van der Waals surface area contributed by atoms with E-state index in [1.807, 2.05) is 25.1 Å². The average Bonchev–Trinajstić information content (AvgIpc) is 3.26. The summed E-state index contributed by atoms with van der Waals surface area (Å²) in [5.41, 5.74) is 1.02. The molecule has 4 aromatic rings. The Morgan fingerprint density at radius 2 is 2.05 bits per heavy atom. The summed E-state index contributed by atoms with van der Waals surface area (Å²) in [6, 6.07) is 11.7. The van der Waals surface area contributed by atoms with Gasteiger partial charge in [0.15, 0.2) is 10.1 Å². The van der Waals surface area contributed by atoms with Crippen LogP contribution < -0.4 is 0 Å². The van der Waals surface area contributed by atoms with E-state index < -0.39 is 0 Å². The van der Waals surface area contributed by atoms with Crippen LogP contribution in [0, 0.1) is 0 Å². The van der Waals surface area contributed by atoms with Crippen molar-refractivity contribution in [1.29, 1.82) is 0 Å². The van der Waals surface area contributed by atoms with Crippen LogP contribution in [0.25, 0.3) is 21.8 Å². The number of rotatable bonds is 4. The second-order valence-electron chi connectivity index (χ2n) is 4.64. The maximum Gasteiger partial charge on any atom is 0.240 e. The second kappa shape index (κ2) is 5.58. The van der Waals surface area contributed by atoms with Crippen molar-refractivity contribution in [2.75, 3.05) is 0 Å². The van der Waals surface area contributed by atoms with Gasteiger partial charge in [0.25, 0.3) is 0 Å². The van der Waals surface area contributed by atoms with Crippen molar-refractivity contribution in [2.24, 2.45) is 0 Å². The molecular weight excluding hydrogens is 318 g/mol. The van der Waals surface area contributed by atoms with Crippen LogP contribution in [0.2, 0.25) is 0 Å². The summed E-state index contributed by atoms with van der Waals surface area (Å²) in [6.07, 6.45) is 1.59. The van der Waals surface area contributed by atoms with Crippen molar-refractivity contribution in [3.8, 4) is 11.6 Å². The van der Waals surface area contributed by atoms with E-state index in [4.69, 9.17) is 8.94 Å². The minimum Gasteiger partial charge on any atom is -0.461 e. The first-order valence-electron chi connectivity index (χ1n) is 6.69. The molecule has 110 valence electrons. The van der Waals surface area contributed by atoms with Crippen LogP contribution in [0.15, 0.2) is 55.9 Å². The summed E-state index contributed by atoms with van der Waals surface area (Å²) < 4.78 is 12.8. The lowest BCUT2D eigenvalue weighted by Gasteiger charge is -2.01. The van der Waals surface area contributed by atoms with Gasteiger partial charge in [-0.1, -0.05) is 29.1 Å². The molecule has 22 heavy (non-hydrogen) atoms. The third kappa shape index (κ3) is 2.53. The standard InChI is InChI=1S/C15H11N3O2S2/c1-9(14-17-13(18-20-14)11-6-4-8-19-11)21-15-16-10-5-2-3-7-12(10)22-15/h2-9H,1H3. The molecule has 0 aliphatic rings. The first-order valence-corrected chi connectivity index (χ1v) is 8.39. The first kappa shape index (κ1) is 13.5. The van der Waals surface area contributed by atoms with E-state index in [-0.39, 0.29) is 5.25 Å². The van der Waals surface area contributed by atoms with Gasteiger partial charge in [-0.25, -0.2) is 4.98 Å². The number of fused-ring (bicyclic) bond motifs is 1. The predicted molar refractivity (Wildman–Crippen MR) is 85.9 cm³/mol. The molecular formula is C15H11N3O2S2. The van der Waals surface area contributed by atoms with Crippen molar-refractivity contribution >= 4 is 33.3 Å². The average molecular weight is 329 g/mol. The van der Waals surface area contributed by atoms with Gasteiger partial charge in [-0.05, 0) is 31.2 Å². The van der Waals surface area contributed by atoms with Gasteiger partial charge in [-0.3, -0.25) is 0 Å². The number of thioether (sulfide) groups is 1. The zero-order valence-corrected chi connectivity index (χ0v) is 13.2. The highest BCUT2D eigenvalue weighted by atomic mass is 32.2. The Bertz CT molecular complexity index is 865. The number of para-hydroxylation sites is 1. The Kier molecular flexibility index (Phi) is 3.44. The predicted octanol–water partition coefficient (Wildman–Crippen LogP) is 4.79. The highest BCUT2D eigenvalue weighted by Gasteiger charge is 2.19. The van der Waals surface area contributed by atoms with E-state index in [1.54, 1.807) is 41.5 Å². The molecule has 0 aliphatic carbocycles. The maximum atomic E-state index is 5.33. The van der Waals surface area contributed by atoms with Crippen LogP contribution in [0.5, 0.6) is 0 Å². The Labute approximate surface area is 134 Å². The fraction of sp³-hybridized carbons (Fsp3) is 0.133. The molecule has 0 aliphatic heterocycles. The number of furan rings is 1. The summed E-state index contributed by atoms with van der Waals surface area (Å²) in [7, 11) is 0. The van der Waals surface area contributed by atoms with Gasteiger partial charge in [0.2, 0.25) is 11.7 Å². The summed E-state index contributed by atoms with van der Waals surface area (Å²) in [6.45, 7) is 2.02. The molecule has 1 unspecified atom stereocenters. The van der Waals surface area contributed by atoms with E-state index in [0.29, 0.717) is 17.5 Å². The van der Waals surface area contributed by atoms with Crippen LogP contribution in [-0.4, -0.2) is 15.1 Å². The van der Waals surface area contributed by atoms with Crippen LogP contribution in [0.1, 0.15) is 18.1 Å². The number of thiazole rings is 1. The summed E-state index contributed by atoms with van der Waals surface area (Å²) in [5.74, 6) is 1.64. The molecule has 7 heteroatoms. The number of hydrogen-bond donors (Lipinski definition) is 0. The molecule has 1 aromatic carbocycles. The fourth-order valence-corrected chi connectivity index (χ4v) is 4.25. The molecule has 0 radical (unpaired) electrons. The van der Waals surface area contributed by atoms with Gasteiger partial charge in [0.05, 0.1) is 21.7 Å². The van der Waals surface area contributed by atoms with Gasteiger partial charge in [0.1, 0.15) is 0 Å². The van der Waals surface area contributed by atoms with Crippen molar-refractivity contribution < 1.29 is 8.94 Å². The molecule has 0 N–H and O–H groups in total. The van der Waals surface area contributed by atoms with Crippen molar-refractivity contribution in [1.82, 2.24) is 15.1 Å². The highest BCUT2D eigenvalue weighted by molar-refractivity contribution is 8.01. The minimum atomic E-state index is 0.0248. The molecule has 0 amide bonds. The smallest absolute Gasteiger partial charge is 0.240 e. The molecule has 0 saturated carbocycles. The number of benzene rings is 1. The lowest BCUT2D eigenvalue weighted by Crippen LogP contribution is -1.88. The van der Waals surface area contributed by atoms with E-state index >= 15 is 0 Å². The molecule has 0 spiro atoms. The van der Waals surface area contributed by atoms with Crippen LogP contribution in [0.4, 0.5) is 0 Å². The fourth-order valence-electron chi connectivity index (χ4n) is 2.01. The molecule has 0 bridgehead atoms. The maximum absolute atomic E-state index is 5.33. The van der Waals surface area contributed by atoms with E-state index in [2.05, 4.69) is 21.2 Å². The zero-order valence-electron chi connectivity index (χ0n) is 11.6. The van der Waals surface area contributed by atoms with E-state index in [0.717, 1.165) is 9.86 Å². The van der Waals surface area contributed by atoms with Crippen LogP contribution in [0.3, 0.4) is 0 Å². The molecule has 5 nitrogen and oxygen atoms in total. The Morgan fingerprint density at radius 3 is 2.86 bits per heavy atom. The van der Waals surface area contributed by atoms with Crippen LogP contribution in [-0.2, 0) is 0 Å². The molecule has 1 atom stereocenters. The SMILES string of the molecule is CC(Sc1nc2ccccc2s1)c1nc(-c2ccco2)no1. The minimum absolute atomic E-state index is 0.0248. The molecule has 3 aromatic heterocycles. The number of hydrogen-bond acceptors (Lipinski definition) is 7. The monoisotopic (exact) mass is 329 g/mol. The van der Waals surface area contributed by atoms with Crippen molar-refractivity contribution in [3.05, 3.63) is 48.6 Å². The molecule has 0 saturated heterocycles. The molecule has 4 rings (SSSR count). The summed E-state index contributed by atoms with van der Waals surface area (Å²) in [5, 5.41) is 3.98. The Morgan fingerprint density at radius 1 is 1.14 bits per heavy atom. The quantitative estimate of drug-likeness (QED) is 0.501. The zero-order chi connectivity index (χ0) is 14.9. The number of nitrogens with zero attached hydrogens (tertiary/aromatic N) is 3. The van der Waals surface area contributed by atoms with Gasteiger partial charge in [-0.2, -0.15) is 4.98 Å². The van der Waals surface area contributed by atoms with Gasteiger partial charge in [0, 0.05) is 0 Å². The highest BCUT2D eigenvalue weighted by Crippen LogP contribution is 2.38. The first-order chi connectivity index (χ1) is 10.8. The third-order valence-electron chi connectivity index (χ3n) is 3.08. The molecule has 0 fully saturated rings. The summed E-state index contributed by atoms with van der Waals surface area (Å²) in [4.78, 5) is 9.00. The summed E-state index contributed by atoms with van der Waals surface area (Å²) >= 11 is 3.28. The van der Waals surface area contributed by atoms with Gasteiger partial charge in [-0.15, -0.1) is 11.3 Å². The topological polar surface area (TPSA) is 65.0 Å². The lowest BCUT2D eigenvalue weighted by atomic mass is 10.3. The van der Waals surface area contributed by atoms with Gasteiger partial charge >= 0.3 is 0 Å². The Hall–Kier alpha value is -2.12. The molecule has 3 heterocycles. The van der Waals surface area contributed by atoms with E-state index in [9.17, 15) is 0 Å². The van der Waals surface area contributed by atoms with Crippen LogP contribution >= 0.6 is 23.1 Å². The van der Waals surface area contributed by atoms with Gasteiger partial charge < -0.3 is 8.94 Å². The van der Waals surface area contributed by atoms with E-state index in [1.165, 1.54) is 4.70 Å². The Balaban J connectivity index is 1.55.